The van der Waals surface area contributed by atoms with Crippen LogP contribution < -0.4 is 5.32 Å². The molecule has 140 valence electrons. The molecule has 0 aliphatic heterocycles. The lowest BCUT2D eigenvalue weighted by molar-refractivity contribution is 0.172. The van der Waals surface area contributed by atoms with Crippen molar-refractivity contribution in [2.24, 2.45) is 0 Å². The molecule has 6 nitrogen and oxygen atoms in total. The van der Waals surface area contributed by atoms with E-state index in [0.717, 1.165) is 5.56 Å². The first-order chi connectivity index (χ1) is 12.8. The van der Waals surface area contributed by atoms with Gasteiger partial charge >= 0.3 is 6.09 Å². The molecule has 0 aliphatic rings. The first-order valence-electron chi connectivity index (χ1n) is 7.82. The molecule has 0 aliphatic carbocycles. The lowest BCUT2D eigenvalue weighted by Gasteiger charge is -2.25. The van der Waals surface area contributed by atoms with Gasteiger partial charge in [0.2, 0.25) is 5.89 Å². The average Bonchev–Trinajstić information content (AvgIpc) is 3.09. The Morgan fingerprint density at radius 1 is 1.22 bits per heavy atom. The van der Waals surface area contributed by atoms with E-state index in [2.05, 4.69) is 31.4 Å². The van der Waals surface area contributed by atoms with E-state index < -0.39 is 23.3 Å². The highest BCUT2D eigenvalue weighted by Gasteiger charge is 2.35. The summed E-state index contributed by atoms with van der Waals surface area (Å²) in [5.74, 6) is -1.86. The lowest BCUT2D eigenvalue weighted by atomic mass is 9.93. The number of halogens is 3. The van der Waals surface area contributed by atoms with E-state index in [1.54, 1.807) is 6.92 Å². The van der Waals surface area contributed by atoms with Crippen LogP contribution in [-0.4, -0.2) is 21.4 Å². The highest BCUT2D eigenvalue weighted by molar-refractivity contribution is 9.10. The summed E-state index contributed by atoms with van der Waals surface area (Å²) in [6.45, 7) is 1.59. The molecule has 1 amide bonds. The van der Waals surface area contributed by atoms with Crippen LogP contribution >= 0.6 is 15.9 Å². The molecule has 0 radical (unpaired) electrons. The summed E-state index contributed by atoms with van der Waals surface area (Å²) >= 11 is 2.98. The van der Waals surface area contributed by atoms with Gasteiger partial charge in [0.1, 0.15) is 17.2 Å². The molecule has 0 spiro atoms. The average molecular weight is 438 g/mol. The lowest BCUT2D eigenvalue weighted by Crippen LogP contribution is -2.44. The SMILES string of the molecule is CC(Cc1ccccc1)(NC(=O)O)c1nnc(-c2cc(Br)c(F)cc2F)o1. The highest BCUT2D eigenvalue weighted by atomic mass is 79.9. The molecule has 27 heavy (non-hydrogen) atoms. The van der Waals surface area contributed by atoms with Gasteiger partial charge in [-0.25, -0.2) is 13.6 Å². The Labute approximate surface area is 161 Å². The molecule has 1 atom stereocenters. The van der Waals surface area contributed by atoms with E-state index in [1.165, 1.54) is 6.07 Å². The number of carbonyl (C=O) groups is 1. The third kappa shape index (κ3) is 4.13. The van der Waals surface area contributed by atoms with Crippen molar-refractivity contribution < 1.29 is 23.1 Å². The minimum absolute atomic E-state index is 0.0364. The number of hydrogen-bond acceptors (Lipinski definition) is 4. The normalized spacial score (nSPS) is 13.2. The maximum absolute atomic E-state index is 14.1. The predicted octanol–water partition coefficient (Wildman–Crippen LogP) is 4.50. The second kappa shape index (κ2) is 7.43. The quantitative estimate of drug-likeness (QED) is 0.573. The Hall–Kier alpha value is -2.81. The summed E-state index contributed by atoms with van der Waals surface area (Å²) in [5, 5.41) is 19.3. The first-order valence-corrected chi connectivity index (χ1v) is 8.62. The van der Waals surface area contributed by atoms with Crippen LogP contribution in [-0.2, 0) is 12.0 Å². The minimum atomic E-state index is -1.27. The van der Waals surface area contributed by atoms with Gasteiger partial charge < -0.3 is 14.8 Å². The van der Waals surface area contributed by atoms with Crippen molar-refractivity contribution in [2.45, 2.75) is 18.9 Å². The second-order valence-electron chi connectivity index (χ2n) is 6.08. The fourth-order valence-corrected chi connectivity index (χ4v) is 3.00. The summed E-state index contributed by atoms with van der Waals surface area (Å²) in [6, 6.07) is 11.0. The summed E-state index contributed by atoms with van der Waals surface area (Å²) in [6.07, 6.45) is -1.04. The summed E-state index contributed by atoms with van der Waals surface area (Å²) in [5.41, 5.74) is -0.504. The molecule has 0 saturated heterocycles. The van der Waals surface area contributed by atoms with E-state index in [-0.39, 0.29) is 28.2 Å². The molecule has 1 aromatic heterocycles. The van der Waals surface area contributed by atoms with Gasteiger partial charge in [-0.15, -0.1) is 10.2 Å². The molecule has 3 rings (SSSR count). The van der Waals surface area contributed by atoms with Crippen LogP contribution in [0, 0.1) is 11.6 Å². The van der Waals surface area contributed by atoms with E-state index in [9.17, 15) is 18.7 Å². The number of nitrogens with zero attached hydrogens (tertiary/aromatic N) is 2. The van der Waals surface area contributed by atoms with Gasteiger partial charge in [-0.1, -0.05) is 30.3 Å². The maximum atomic E-state index is 14.1. The third-order valence-corrected chi connectivity index (χ3v) is 4.53. The van der Waals surface area contributed by atoms with Gasteiger partial charge in [0.05, 0.1) is 10.0 Å². The van der Waals surface area contributed by atoms with Gasteiger partial charge in [-0.3, -0.25) is 0 Å². The minimum Gasteiger partial charge on any atom is -0.465 e. The number of rotatable bonds is 5. The van der Waals surface area contributed by atoms with Crippen molar-refractivity contribution in [3.8, 4) is 11.5 Å². The molecular formula is C18H14BrF2N3O3. The summed E-state index contributed by atoms with van der Waals surface area (Å²) in [7, 11) is 0. The molecule has 9 heteroatoms. The topological polar surface area (TPSA) is 88.2 Å². The maximum Gasteiger partial charge on any atom is 0.405 e. The van der Waals surface area contributed by atoms with Crippen LogP contribution in [0.3, 0.4) is 0 Å². The Kier molecular flexibility index (Phi) is 5.22. The van der Waals surface area contributed by atoms with E-state index in [0.29, 0.717) is 6.07 Å². The standard InChI is InChI=1S/C18H14BrF2N3O3/c1-18(22-17(25)26,9-10-5-3-2-4-6-10)16-24-23-15(27-16)11-7-12(19)14(21)8-13(11)20/h2-8,22H,9H2,1H3,(H,25,26). The third-order valence-electron chi connectivity index (χ3n) is 3.92. The Morgan fingerprint density at radius 2 is 1.93 bits per heavy atom. The molecule has 0 fully saturated rings. The number of aromatic nitrogens is 2. The molecule has 0 bridgehead atoms. The summed E-state index contributed by atoms with van der Waals surface area (Å²) < 4.78 is 33.1. The number of nitrogens with one attached hydrogen (secondary N) is 1. The van der Waals surface area contributed by atoms with Gasteiger partial charge in [-0.05, 0) is 34.5 Å². The molecule has 1 unspecified atom stereocenters. The van der Waals surface area contributed by atoms with Crippen LogP contribution in [0.15, 0.2) is 51.4 Å². The predicted molar refractivity (Wildman–Crippen MR) is 96.0 cm³/mol. The van der Waals surface area contributed by atoms with Gasteiger partial charge in [0.15, 0.2) is 0 Å². The van der Waals surface area contributed by atoms with Crippen molar-refractivity contribution in [1.82, 2.24) is 15.5 Å². The Bertz CT molecular complexity index is 981. The smallest absolute Gasteiger partial charge is 0.405 e. The van der Waals surface area contributed by atoms with Crippen LogP contribution in [0.1, 0.15) is 18.4 Å². The zero-order valence-electron chi connectivity index (χ0n) is 14.0. The van der Waals surface area contributed by atoms with Crippen LogP contribution in [0.2, 0.25) is 0 Å². The monoisotopic (exact) mass is 437 g/mol. The highest BCUT2D eigenvalue weighted by Crippen LogP contribution is 2.31. The molecule has 0 saturated carbocycles. The Balaban J connectivity index is 2.00. The first kappa shape index (κ1) is 19.0. The fourth-order valence-electron chi connectivity index (χ4n) is 2.65. The molecular weight excluding hydrogens is 424 g/mol. The van der Waals surface area contributed by atoms with Crippen molar-refractivity contribution in [3.05, 3.63) is 70.0 Å². The van der Waals surface area contributed by atoms with Gasteiger partial charge in [-0.2, -0.15) is 0 Å². The fraction of sp³-hybridized carbons (Fsp3) is 0.167. The van der Waals surface area contributed by atoms with Crippen molar-refractivity contribution in [3.63, 3.8) is 0 Å². The number of carboxylic acid groups (broad SMARTS) is 1. The summed E-state index contributed by atoms with van der Waals surface area (Å²) in [4.78, 5) is 11.3. The molecule has 3 aromatic rings. The Morgan fingerprint density at radius 3 is 2.59 bits per heavy atom. The zero-order valence-corrected chi connectivity index (χ0v) is 15.6. The van der Waals surface area contributed by atoms with Crippen molar-refractivity contribution in [1.29, 1.82) is 0 Å². The zero-order chi connectivity index (χ0) is 19.6. The van der Waals surface area contributed by atoms with Crippen LogP contribution in [0.5, 0.6) is 0 Å². The number of amides is 1. The van der Waals surface area contributed by atoms with E-state index in [4.69, 9.17) is 4.42 Å². The second-order valence-corrected chi connectivity index (χ2v) is 6.94. The van der Waals surface area contributed by atoms with Crippen molar-refractivity contribution >= 4 is 22.0 Å². The largest absolute Gasteiger partial charge is 0.465 e. The number of benzene rings is 2. The van der Waals surface area contributed by atoms with Crippen LogP contribution in [0.25, 0.3) is 11.5 Å². The van der Waals surface area contributed by atoms with Crippen LogP contribution in [0.4, 0.5) is 13.6 Å². The van der Waals surface area contributed by atoms with Crippen molar-refractivity contribution in [2.75, 3.05) is 0 Å². The van der Waals surface area contributed by atoms with E-state index in [1.807, 2.05) is 30.3 Å². The molecule has 2 aromatic carbocycles. The number of hydrogen-bond donors (Lipinski definition) is 2. The van der Waals surface area contributed by atoms with E-state index >= 15 is 0 Å². The van der Waals surface area contributed by atoms with Gasteiger partial charge in [0, 0.05) is 12.5 Å². The van der Waals surface area contributed by atoms with Gasteiger partial charge in [0.25, 0.3) is 5.89 Å². The molecule has 1 heterocycles. The molecule has 2 N–H and O–H groups in total.